The van der Waals surface area contributed by atoms with Gasteiger partial charge in [-0.2, -0.15) is 0 Å². The Balaban J connectivity index is 1.46. The van der Waals surface area contributed by atoms with E-state index in [1.807, 2.05) is 23.5 Å². The zero-order valence-corrected chi connectivity index (χ0v) is 17.1. The summed E-state index contributed by atoms with van der Waals surface area (Å²) < 4.78 is 0. The number of rotatable bonds is 3. The van der Waals surface area contributed by atoms with E-state index in [2.05, 4.69) is 28.9 Å². The van der Waals surface area contributed by atoms with E-state index in [1.165, 1.54) is 51.4 Å². The molecule has 0 atom stereocenters. The van der Waals surface area contributed by atoms with Crippen LogP contribution in [0.3, 0.4) is 0 Å². The molecule has 1 saturated heterocycles. The predicted octanol–water partition coefficient (Wildman–Crippen LogP) is 4.72. The van der Waals surface area contributed by atoms with E-state index in [9.17, 15) is 0 Å². The van der Waals surface area contributed by atoms with Crippen LogP contribution in [0.15, 0.2) is 24.3 Å². The zero-order chi connectivity index (χ0) is 18.4. The van der Waals surface area contributed by atoms with Gasteiger partial charge >= 0.3 is 0 Å². The summed E-state index contributed by atoms with van der Waals surface area (Å²) >= 11 is 8.07. The number of hydrogen-bond donors (Lipinski definition) is 0. The maximum atomic E-state index is 6.18. The standard InChI is InChI=1S/C21H23ClN4S/c1-2-18-23-20(19-16-7-4-8-17(16)27-21(19)24-18)26-11-9-25(10-12-26)15-6-3-5-14(22)13-15/h3,5-6,13H,2,4,7-12H2,1H3. The highest BCUT2D eigenvalue weighted by Gasteiger charge is 2.26. The first-order valence-corrected chi connectivity index (χ1v) is 11.0. The molecular weight excluding hydrogens is 376 g/mol. The van der Waals surface area contributed by atoms with Crippen LogP contribution in [-0.4, -0.2) is 36.1 Å². The summed E-state index contributed by atoms with van der Waals surface area (Å²) in [5, 5.41) is 2.13. The molecular formula is C21H23ClN4S. The number of nitrogens with zero attached hydrogens (tertiary/aromatic N) is 4. The SMILES string of the molecule is CCc1nc(N2CCN(c3cccc(Cl)c3)CC2)c2c3c(sc2n1)CCC3. The summed E-state index contributed by atoms with van der Waals surface area (Å²) in [7, 11) is 0. The molecule has 6 heteroatoms. The van der Waals surface area contributed by atoms with Gasteiger partial charge in [-0.1, -0.05) is 24.6 Å². The molecule has 1 fully saturated rings. The van der Waals surface area contributed by atoms with E-state index >= 15 is 0 Å². The van der Waals surface area contributed by atoms with Crippen LogP contribution in [0.25, 0.3) is 10.2 Å². The summed E-state index contributed by atoms with van der Waals surface area (Å²) in [5.74, 6) is 2.14. The summed E-state index contributed by atoms with van der Waals surface area (Å²) in [6, 6.07) is 8.16. The lowest BCUT2D eigenvalue weighted by Crippen LogP contribution is -2.47. The second-order valence-corrected chi connectivity index (χ2v) is 8.83. The maximum absolute atomic E-state index is 6.18. The van der Waals surface area contributed by atoms with Crippen molar-refractivity contribution in [3.05, 3.63) is 45.6 Å². The van der Waals surface area contributed by atoms with Crippen molar-refractivity contribution in [2.45, 2.75) is 32.6 Å². The summed E-state index contributed by atoms with van der Waals surface area (Å²) in [6.45, 7) is 6.07. The van der Waals surface area contributed by atoms with Crippen LogP contribution in [0.2, 0.25) is 5.02 Å². The highest BCUT2D eigenvalue weighted by atomic mass is 35.5. The molecule has 1 aromatic carbocycles. The van der Waals surface area contributed by atoms with Crippen molar-refractivity contribution in [1.29, 1.82) is 0 Å². The number of benzene rings is 1. The zero-order valence-electron chi connectivity index (χ0n) is 15.5. The van der Waals surface area contributed by atoms with Crippen molar-refractivity contribution in [3.63, 3.8) is 0 Å². The van der Waals surface area contributed by atoms with Gasteiger partial charge in [-0.25, -0.2) is 9.97 Å². The van der Waals surface area contributed by atoms with E-state index in [4.69, 9.17) is 21.6 Å². The van der Waals surface area contributed by atoms with Gasteiger partial charge in [0.1, 0.15) is 16.5 Å². The van der Waals surface area contributed by atoms with Crippen LogP contribution in [0, 0.1) is 0 Å². The Morgan fingerprint density at radius 3 is 2.67 bits per heavy atom. The average Bonchev–Trinajstić information content (AvgIpc) is 3.28. The quantitative estimate of drug-likeness (QED) is 0.638. The van der Waals surface area contributed by atoms with Crippen LogP contribution in [0.1, 0.15) is 29.6 Å². The third kappa shape index (κ3) is 3.07. The van der Waals surface area contributed by atoms with Crippen molar-refractivity contribution < 1.29 is 0 Å². The molecule has 3 aromatic rings. The van der Waals surface area contributed by atoms with Gasteiger partial charge in [0.25, 0.3) is 0 Å². The van der Waals surface area contributed by atoms with Gasteiger partial charge in [0.15, 0.2) is 0 Å². The van der Waals surface area contributed by atoms with Crippen molar-refractivity contribution in [1.82, 2.24) is 9.97 Å². The van der Waals surface area contributed by atoms with Crippen molar-refractivity contribution in [2.75, 3.05) is 36.0 Å². The molecule has 5 rings (SSSR count). The number of aromatic nitrogens is 2. The number of hydrogen-bond acceptors (Lipinski definition) is 5. The number of anilines is 2. The van der Waals surface area contributed by atoms with Gasteiger partial charge < -0.3 is 9.80 Å². The first-order valence-electron chi connectivity index (χ1n) is 9.79. The predicted molar refractivity (Wildman–Crippen MR) is 115 cm³/mol. The fourth-order valence-corrected chi connectivity index (χ4v) is 5.71. The third-order valence-electron chi connectivity index (χ3n) is 5.66. The molecule has 27 heavy (non-hydrogen) atoms. The Hall–Kier alpha value is -1.85. The maximum Gasteiger partial charge on any atom is 0.141 e. The molecule has 0 unspecified atom stereocenters. The third-order valence-corrected chi connectivity index (χ3v) is 7.08. The van der Waals surface area contributed by atoms with E-state index in [0.29, 0.717) is 0 Å². The highest BCUT2D eigenvalue weighted by molar-refractivity contribution is 7.19. The fourth-order valence-electron chi connectivity index (χ4n) is 4.26. The van der Waals surface area contributed by atoms with Crippen molar-refractivity contribution in [2.24, 2.45) is 0 Å². The molecule has 0 spiro atoms. The van der Waals surface area contributed by atoms with Gasteiger partial charge in [0.2, 0.25) is 0 Å². The first-order chi connectivity index (χ1) is 13.2. The topological polar surface area (TPSA) is 32.3 Å². The minimum absolute atomic E-state index is 0.800. The second kappa shape index (κ2) is 6.95. The molecule has 4 nitrogen and oxygen atoms in total. The Bertz CT molecular complexity index is 991. The monoisotopic (exact) mass is 398 g/mol. The van der Waals surface area contributed by atoms with Crippen LogP contribution >= 0.6 is 22.9 Å². The van der Waals surface area contributed by atoms with Crippen LogP contribution in [0.5, 0.6) is 0 Å². The van der Waals surface area contributed by atoms with Crippen LogP contribution in [-0.2, 0) is 19.3 Å². The van der Waals surface area contributed by atoms with Gasteiger partial charge in [-0.15, -0.1) is 11.3 Å². The molecule has 0 amide bonds. The lowest BCUT2D eigenvalue weighted by atomic mass is 10.1. The fraction of sp³-hybridized carbons (Fsp3) is 0.429. The van der Waals surface area contributed by atoms with Gasteiger partial charge in [0, 0.05) is 48.2 Å². The van der Waals surface area contributed by atoms with Crippen LogP contribution in [0.4, 0.5) is 11.5 Å². The molecule has 1 aliphatic carbocycles. The van der Waals surface area contributed by atoms with E-state index < -0.39 is 0 Å². The van der Waals surface area contributed by atoms with E-state index in [-0.39, 0.29) is 0 Å². The molecule has 3 heterocycles. The van der Waals surface area contributed by atoms with Gasteiger partial charge in [0.05, 0.1) is 5.39 Å². The summed E-state index contributed by atoms with van der Waals surface area (Å²) in [5.41, 5.74) is 2.73. The lowest BCUT2D eigenvalue weighted by molar-refractivity contribution is 0.647. The van der Waals surface area contributed by atoms with E-state index in [1.54, 1.807) is 0 Å². The molecule has 0 N–H and O–H groups in total. The number of aryl methyl sites for hydroxylation is 3. The molecule has 2 aliphatic rings. The number of halogens is 1. The Kier molecular flexibility index (Phi) is 4.44. The Morgan fingerprint density at radius 2 is 1.89 bits per heavy atom. The van der Waals surface area contributed by atoms with Crippen molar-refractivity contribution in [3.8, 4) is 0 Å². The van der Waals surface area contributed by atoms with Gasteiger partial charge in [-0.3, -0.25) is 0 Å². The Morgan fingerprint density at radius 1 is 1.07 bits per heavy atom. The second-order valence-electron chi connectivity index (χ2n) is 7.31. The minimum Gasteiger partial charge on any atom is -0.368 e. The smallest absolute Gasteiger partial charge is 0.141 e. The van der Waals surface area contributed by atoms with E-state index in [0.717, 1.165) is 43.4 Å². The first kappa shape index (κ1) is 17.3. The number of piperazine rings is 1. The lowest BCUT2D eigenvalue weighted by Gasteiger charge is -2.37. The molecule has 140 valence electrons. The van der Waals surface area contributed by atoms with Crippen LogP contribution < -0.4 is 9.80 Å². The summed E-state index contributed by atoms with van der Waals surface area (Å²) in [4.78, 5) is 17.4. The highest BCUT2D eigenvalue weighted by Crippen LogP contribution is 2.41. The molecule has 1 aliphatic heterocycles. The largest absolute Gasteiger partial charge is 0.368 e. The molecule has 0 radical (unpaired) electrons. The molecule has 0 bridgehead atoms. The molecule has 0 saturated carbocycles. The summed E-state index contributed by atoms with van der Waals surface area (Å²) in [6.07, 6.45) is 4.54. The van der Waals surface area contributed by atoms with Gasteiger partial charge in [-0.05, 0) is 43.0 Å². The Labute approximate surface area is 168 Å². The normalized spacial score (nSPS) is 17.0. The number of thiophene rings is 1. The molecule has 2 aromatic heterocycles. The average molecular weight is 399 g/mol. The van der Waals surface area contributed by atoms with Crippen molar-refractivity contribution >= 4 is 44.7 Å². The number of fused-ring (bicyclic) bond motifs is 3. The minimum atomic E-state index is 0.800.